The van der Waals surface area contributed by atoms with Gasteiger partial charge in [-0.2, -0.15) is 0 Å². The first-order chi connectivity index (χ1) is 41.6. The van der Waals surface area contributed by atoms with E-state index in [-0.39, 0.29) is 25.7 Å². The Balaban J connectivity index is 5.23. The Morgan fingerprint density at radius 1 is 0.287 bits per heavy atom. The fraction of sp³-hybridized carbons (Fsp3) is 0.941. The van der Waals surface area contributed by atoms with Gasteiger partial charge in [0.1, 0.15) is 19.3 Å². The number of esters is 4. The molecule has 3 unspecified atom stereocenters. The fourth-order valence-corrected chi connectivity index (χ4v) is 11.7. The maximum atomic E-state index is 13.0. The highest BCUT2D eigenvalue weighted by Gasteiger charge is 2.30. The van der Waals surface area contributed by atoms with Gasteiger partial charge in [-0.05, 0) is 49.4 Å². The SMILES string of the molecule is CC(C)CCCCCCCCCCCCCCCC(=O)O[C@H](COC(=O)CCCCCCCCCCC(C)C)COP(=O)(O)OCC(O)COP(=O)(O)OC[C@@H](COC(=O)CCCCCCCCCCC(C)C)OC(=O)CCCCCCCCC(C)C. The topological polar surface area (TPSA) is 237 Å². The summed E-state index contributed by atoms with van der Waals surface area (Å²) in [5.41, 5.74) is 0. The number of carbonyl (C=O) groups is 4. The van der Waals surface area contributed by atoms with Gasteiger partial charge in [-0.3, -0.25) is 37.3 Å². The maximum absolute atomic E-state index is 13.0. The van der Waals surface area contributed by atoms with E-state index in [9.17, 15) is 43.2 Å². The molecule has 0 amide bonds. The molecule has 0 bridgehead atoms. The number of hydrogen-bond donors (Lipinski definition) is 3. The van der Waals surface area contributed by atoms with Gasteiger partial charge in [0.05, 0.1) is 26.4 Å². The average molecular weight is 1280 g/mol. The van der Waals surface area contributed by atoms with Crippen LogP contribution in [0.1, 0.15) is 331 Å². The highest BCUT2D eigenvalue weighted by Crippen LogP contribution is 2.45. The Kier molecular flexibility index (Phi) is 56.6. The summed E-state index contributed by atoms with van der Waals surface area (Å²) >= 11 is 0. The van der Waals surface area contributed by atoms with Gasteiger partial charge in [0.25, 0.3) is 0 Å². The summed E-state index contributed by atoms with van der Waals surface area (Å²) in [7, 11) is -9.90. The fourth-order valence-electron chi connectivity index (χ4n) is 10.1. The van der Waals surface area contributed by atoms with Crippen molar-refractivity contribution in [3.05, 3.63) is 0 Å². The van der Waals surface area contributed by atoms with Crippen molar-refractivity contribution in [2.24, 2.45) is 23.7 Å². The van der Waals surface area contributed by atoms with Gasteiger partial charge in [0, 0.05) is 25.7 Å². The molecule has 3 N–H and O–H groups in total. The highest BCUT2D eigenvalue weighted by atomic mass is 31.2. The molecule has 0 aliphatic carbocycles. The molecule has 19 heteroatoms. The summed E-state index contributed by atoms with van der Waals surface area (Å²) in [5.74, 6) is 0.772. The van der Waals surface area contributed by atoms with Crippen molar-refractivity contribution >= 4 is 39.5 Å². The van der Waals surface area contributed by atoms with Crippen LogP contribution in [0, 0.1) is 23.7 Å². The summed E-state index contributed by atoms with van der Waals surface area (Å²) in [5, 5.41) is 10.6. The van der Waals surface area contributed by atoms with Gasteiger partial charge >= 0.3 is 39.5 Å². The molecule has 0 aliphatic heterocycles. The predicted molar refractivity (Wildman–Crippen MR) is 349 cm³/mol. The predicted octanol–water partition coefficient (Wildman–Crippen LogP) is 18.9. The van der Waals surface area contributed by atoms with Crippen molar-refractivity contribution in [2.75, 3.05) is 39.6 Å². The lowest BCUT2D eigenvalue weighted by Gasteiger charge is -2.21. The van der Waals surface area contributed by atoms with Crippen LogP contribution in [-0.4, -0.2) is 96.7 Å². The number of hydrogen-bond acceptors (Lipinski definition) is 15. The molecule has 0 saturated carbocycles. The molecule has 0 saturated heterocycles. The third kappa shape index (κ3) is 62.6. The molecule has 0 aromatic carbocycles. The van der Waals surface area contributed by atoms with E-state index in [1.165, 1.54) is 135 Å². The molecule has 516 valence electrons. The molecule has 0 radical (unpaired) electrons. The molecule has 87 heavy (non-hydrogen) atoms. The van der Waals surface area contributed by atoms with Crippen LogP contribution in [0.4, 0.5) is 0 Å². The average Bonchev–Trinajstić information content (AvgIpc) is 3.63. The quantitative estimate of drug-likeness (QED) is 0.0222. The van der Waals surface area contributed by atoms with Crippen LogP contribution in [0.3, 0.4) is 0 Å². The number of carbonyl (C=O) groups excluding carboxylic acids is 4. The van der Waals surface area contributed by atoms with E-state index in [2.05, 4.69) is 55.4 Å². The third-order valence-electron chi connectivity index (χ3n) is 15.6. The number of aliphatic hydroxyl groups is 1. The van der Waals surface area contributed by atoms with Crippen LogP contribution < -0.4 is 0 Å². The Labute approximate surface area is 530 Å². The van der Waals surface area contributed by atoms with Crippen LogP contribution >= 0.6 is 15.6 Å². The molecule has 0 heterocycles. The first kappa shape index (κ1) is 85.1. The summed E-state index contributed by atoms with van der Waals surface area (Å²) in [4.78, 5) is 72.4. The standard InChI is InChI=1S/C68H132O17P2/c1-58(2)44-36-28-20-14-12-10-9-11-13-15-25-34-42-50-67(72)84-63(54-78-65(70)48-40-32-23-18-16-21-29-37-45-59(3)4)56-82-86(74,75)80-52-62(69)53-81-87(76,77)83-57-64(85-68(73)51-43-35-27-26-31-39-47-61(7)8)55-79-66(71)49-41-33-24-19-17-22-30-38-46-60(5)6/h58-64,69H,9-57H2,1-8H3,(H,74,75)(H,76,77)/t62?,63-,64-/m1/s1. The van der Waals surface area contributed by atoms with E-state index in [4.69, 9.17) is 37.0 Å². The Morgan fingerprint density at radius 3 is 0.713 bits per heavy atom. The lowest BCUT2D eigenvalue weighted by molar-refractivity contribution is -0.161. The van der Waals surface area contributed by atoms with Crippen molar-refractivity contribution in [1.82, 2.24) is 0 Å². The summed E-state index contributed by atoms with van der Waals surface area (Å²) < 4.78 is 68.1. The van der Waals surface area contributed by atoms with E-state index in [1.807, 2.05) is 0 Å². The van der Waals surface area contributed by atoms with Crippen molar-refractivity contribution < 1.29 is 80.2 Å². The van der Waals surface area contributed by atoms with E-state index in [1.54, 1.807) is 0 Å². The van der Waals surface area contributed by atoms with Crippen LogP contribution in [0.2, 0.25) is 0 Å². The van der Waals surface area contributed by atoms with Crippen molar-refractivity contribution in [1.29, 1.82) is 0 Å². The molecule has 0 fully saturated rings. The third-order valence-corrected chi connectivity index (χ3v) is 17.5. The van der Waals surface area contributed by atoms with Gasteiger partial charge < -0.3 is 33.8 Å². The number of unbranched alkanes of at least 4 members (excludes halogenated alkanes) is 31. The summed E-state index contributed by atoms with van der Waals surface area (Å²) in [6, 6.07) is 0. The Bertz CT molecular complexity index is 1730. The van der Waals surface area contributed by atoms with Crippen LogP contribution in [0.15, 0.2) is 0 Å². The zero-order chi connectivity index (χ0) is 64.7. The first-order valence-electron chi connectivity index (χ1n) is 35.2. The molecule has 0 spiro atoms. The highest BCUT2D eigenvalue weighted by molar-refractivity contribution is 7.47. The van der Waals surface area contributed by atoms with Crippen molar-refractivity contribution in [3.63, 3.8) is 0 Å². The molecule has 5 atom stereocenters. The van der Waals surface area contributed by atoms with Gasteiger partial charge in [-0.25, -0.2) is 9.13 Å². The monoisotopic (exact) mass is 1280 g/mol. The second kappa shape index (κ2) is 57.9. The molecule has 0 aromatic rings. The molecule has 0 rings (SSSR count). The number of rotatable bonds is 65. The minimum atomic E-state index is -4.95. The van der Waals surface area contributed by atoms with Gasteiger partial charge in [0.15, 0.2) is 12.2 Å². The second-order valence-corrected chi connectivity index (χ2v) is 29.4. The maximum Gasteiger partial charge on any atom is 0.472 e. The largest absolute Gasteiger partial charge is 0.472 e. The van der Waals surface area contributed by atoms with E-state index >= 15 is 0 Å². The van der Waals surface area contributed by atoms with E-state index in [0.717, 1.165) is 108 Å². The summed E-state index contributed by atoms with van der Waals surface area (Å²) in [6.45, 7) is 14.0. The van der Waals surface area contributed by atoms with Crippen LogP contribution in [-0.2, 0) is 65.4 Å². The van der Waals surface area contributed by atoms with Crippen molar-refractivity contribution in [3.8, 4) is 0 Å². The number of phosphoric acid groups is 2. The van der Waals surface area contributed by atoms with E-state index < -0.39 is 97.5 Å². The first-order valence-corrected chi connectivity index (χ1v) is 38.2. The number of aliphatic hydroxyl groups excluding tert-OH is 1. The van der Waals surface area contributed by atoms with Gasteiger partial charge in [-0.1, -0.05) is 280 Å². The van der Waals surface area contributed by atoms with Crippen LogP contribution in [0.25, 0.3) is 0 Å². The minimum Gasteiger partial charge on any atom is -0.462 e. The Hall–Kier alpha value is -1.94. The lowest BCUT2D eigenvalue weighted by atomic mass is 10.0. The number of phosphoric ester groups is 2. The normalized spacial score (nSPS) is 14.3. The zero-order valence-electron chi connectivity index (χ0n) is 56.6. The van der Waals surface area contributed by atoms with Gasteiger partial charge in [-0.15, -0.1) is 0 Å². The lowest BCUT2D eigenvalue weighted by Crippen LogP contribution is -2.30. The molecular weight excluding hydrogens is 1150 g/mol. The molecular formula is C68H132O17P2. The molecule has 0 aliphatic rings. The van der Waals surface area contributed by atoms with Gasteiger partial charge in [0.2, 0.25) is 0 Å². The Morgan fingerprint density at radius 2 is 0.483 bits per heavy atom. The van der Waals surface area contributed by atoms with Crippen LogP contribution in [0.5, 0.6) is 0 Å². The van der Waals surface area contributed by atoms with Crippen molar-refractivity contribution in [2.45, 2.75) is 350 Å². The number of ether oxygens (including phenoxy) is 4. The summed E-state index contributed by atoms with van der Waals surface area (Å²) in [6.07, 6.45) is 39.2. The van der Waals surface area contributed by atoms with E-state index in [0.29, 0.717) is 31.6 Å². The molecule has 17 nitrogen and oxygen atoms in total. The smallest absolute Gasteiger partial charge is 0.462 e. The minimum absolute atomic E-state index is 0.101. The second-order valence-electron chi connectivity index (χ2n) is 26.5. The zero-order valence-corrected chi connectivity index (χ0v) is 58.4. The molecule has 0 aromatic heterocycles.